The summed E-state index contributed by atoms with van der Waals surface area (Å²) in [5.41, 5.74) is 29.8. The fourth-order valence-corrected chi connectivity index (χ4v) is 18.1. The number of fused-ring (bicyclic) bond motifs is 6. The van der Waals surface area contributed by atoms with Gasteiger partial charge in [-0.05, 0) is 198 Å². The first-order valence-corrected chi connectivity index (χ1v) is 45.5. The Hall–Kier alpha value is -15.7. The maximum Gasteiger partial charge on any atom is 0.173 e. The van der Waals surface area contributed by atoms with Crippen molar-refractivity contribution >= 4 is 85.3 Å². The van der Waals surface area contributed by atoms with E-state index in [0.717, 1.165) is 97.4 Å². The Morgan fingerprint density at radius 2 is 0.409 bits per heavy atom. The number of rotatable bonds is 26. The summed E-state index contributed by atoms with van der Waals surface area (Å²) in [6.07, 6.45) is 41.8. The highest BCUT2D eigenvalue weighted by Gasteiger charge is 2.33. The lowest BCUT2D eigenvalue weighted by Crippen LogP contribution is -2.33. The molecule has 0 saturated carbocycles. The number of allylic oxidation sites excluding steroid dienone is 6. The molecule has 5 aliphatic heterocycles. The normalized spacial score (nSPS) is 12.8. The fourth-order valence-electron chi connectivity index (χ4n) is 18.1. The zero-order chi connectivity index (χ0) is 86.5. The average molecular weight is 1730 g/mol. The summed E-state index contributed by atoms with van der Waals surface area (Å²) < 4.78 is 9.05. The van der Waals surface area contributed by atoms with Gasteiger partial charge < -0.3 is 39.2 Å². The molecule has 12 heteroatoms. The smallest absolute Gasteiger partial charge is 0.173 e. The molecule has 132 heavy (non-hydrogen) atoms. The van der Waals surface area contributed by atoms with Crippen LogP contribution in [0.15, 0.2) is 486 Å². The highest BCUT2D eigenvalue weighted by molar-refractivity contribution is 6.00. The number of aromatic nitrogens is 4. The Labute approximate surface area is 782 Å². The van der Waals surface area contributed by atoms with Gasteiger partial charge in [-0.3, -0.25) is 0 Å². The van der Waals surface area contributed by atoms with Gasteiger partial charge in [0.15, 0.2) is 62.7 Å². The van der Waals surface area contributed by atoms with Crippen molar-refractivity contribution in [2.45, 2.75) is 93.5 Å². The van der Waals surface area contributed by atoms with Gasteiger partial charge in [0.25, 0.3) is 0 Å². The number of para-hydroxylation sites is 15. The van der Waals surface area contributed by atoms with Crippen molar-refractivity contribution in [1.82, 2.24) is 9.80 Å². The number of benzene rings is 12. The van der Waals surface area contributed by atoms with Crippen LogP contribution in [0.1, 0.15) is 77.5 Å². The van der Waals surface area contributed by atoms with Crippen molar-refractivity contribution in [2.24, 2.45) is 0 Å². The monoisotopic (exact) mass is 1730 g/mol. The van der Waals surface area contributed by atoms with Gasteiger partial charge in [0.1, 0.15) is 13.1 Å². The molecule has 0 amide bonds. The molecular weight excluding hydrogens is 1610 g/mol. The first-order chi connectivity index (χ1) is 64.0. The number of anilines is 15. The second kappa shape index (κ2) is 43.9. The SMILES string of the molecule is C.C.C.C1=CN(CCCCN2c3ccccc3N(c3ccccc3)c3ccccc32)C=CC1=C1C=CN(Cc2ccccc2)C=C1.c1ccc(C[n+]2ccc(-c3cc[n+](CCCCN4c5ccccc5N(c5ccccc5)c5ccccc54)cc3)cc2)cc1.c1ccc(C[n+]2ccc(-c3cc[n+](CCCCN4c5ccccc5N(c5ccccc5)c5ccccc54)cc3)cc2)cc1. The average Bonchev–Trinajstić information content (AvgIpc) is 0.753. The molecule has 0 saturated heterocycles. The minimum atomic E-state index is 0. The minimum Gasteiger partial charge on any atom is -0.354 e. The number of pyridine rings is 4. The van der Waals surface area contributed by atoms with Gasteiger partial charge in [0, 0.05) is 147 Å². The zero-order valence-corrected chi connectivity index (χ0v) is 73.0. The van der Waals surface area contributed by atoms with Crippen molar-refractivity contribution in [1.29, 1.82) is 0 Å². The van der Waals surface area contributed by atoms with Crippen LogP contribution in [0.3, 0.4) is 0 Å². The van der Waals surface area contributed by atoms with Crippen LogP contribution in [0, 0.1) is 0 Å². The molecule has 12 nitrogen and oxygen atoms in total. The number of hydrogen-bond acceptors (Lipinski definition) is 8. The molecule has 656 valence electrons. The van der Waals surface area contributed by atoms with Crippen LogP contribution in [-0.2, 0) is 32.7 Å². The van der Waals surface area contributed by atoms with E-state index in [0.29, 0.717) is 0 Å². The van der Waals surface area contributed by atoms with Crippen LogP contribution >= 0.6 is 0 Å². The van der Waals surface area contributed by atoms with Gasteiger partial charge in [-0.2, -0.15) is 0 Å². The lowest BCUT2D eigenvalue weighted by Gasteiger charge is -2.40. The van der Waals surface area contributed by atoms with Crippen LogP contribution in [0.2, 0.25) is 0 Å². The molecule has 16 aromatic rings. The molecule has 4 aromatic heterocycles. The van der Waals surface area contributed by atoms with Gasteiger partial charge in [0.05, 0.1) is 68.2 Å². The molecule has 0 unspecified atom stereocenters. The van der Waals surface area contributed by atoms with Crippen LogP contribution in [-0.4, -0.2) is 36.0 Å². The molecule has 0 aliphatic carbocycles. The molecule has 0 bridgehead atoms. The highest BCUT2D eigenvalue weighted by atomic mass is 15.3. The Balaban J connectivity index is 0.000000143. The number of aryl methyl sites for hydroxylation is 2. The van der Waals surface area contributed by atoms with E-state index >= 15 is 0 Å². The van der Waals surface area contributed by atoms with E-state index in [-0.39, 0.29) is 22.3 Å². The van der Waals surface area contributed by atoms with Gasteiger partial charge in [0.2, 0.25) is 0 Å². The summed E-state index contributed by atoms with van der Waals surface area (Å²) in [6.45, 7) is 8.58. The summed E-state index contributed by atoms with van der Waals surface area (Å²) in [4.78, 5) is 19.2. The summed E-state index contributed by atoms with van der Waals surface area (Å²) >= 11 is 0. The van der Waals surface area contributed by atoms with Crippen molar-refractivity contribution in [2.75, 3.05) is 55.6 Å². The van der Waals surface area contributed by atoms with Gasteiger partial charge in [-0.1, -0.05) is 241 Å². The Morgan fingerprint density at radius 1 is 0.189 bits per heavy atom. The van der Waals surface area contributed by atoms with Crippen molar-refractivity contribution in [3.63, 3.8) is 0 Å². The third-order valence-corrected chi connectivity index (χ3v) is 24.6. The summed E-state index contributed by atoms with van der Waals surface area (Å²) in [6, 6.07) is 134. The van der Waals surface area contributed by atoms with Gasteiger partial charge in [-0.25, -0.2) is 18.3 Å². The summed E-state index contributed by atoms with van der Waals surface area (Å²) in [7, 11) is 0. The molecule has 0 radical (unpaired) electrons. The lowest BCUT2D eigenvalue weighted by molar-refractivity contribution is -0.697. The maximum absolute atomic E-state index is 2.50. The molecule has 0 fully saturated rings. The maximum atomic E-state index is 2.50. The largest absolute Gasteiger partial charge is 0.354 e. The fraction of sp³-hybridized carbons (Fsp3) is 0.150. The van der Waals surface area contributed by atoms with E-state index in [2.05, 4.69) is 532 Å². The van der Waals surface area contributed by atoms with E-state index in [4.69, 9.17) is 0 Å². The van der Waals surface area contributed by atoms with Crippen molar-refractivity contribution < 1.29 is 18.3 Å². The molecule has 9 heterocycles. The molecule has 21 rings (SSSR count). The molecular formula is C120H120N12+4. The van der Waals surface area contributed by atoms with E-state index in [9.17, 15) is 0 Å². The first kappa shape index (κ1) is 89.7. The second-order valence-corrected chi connectivity index (χ2v) is 33.2. The van der Waals surface area contributed by atoms with Crippen LogP contribution in [0.25, 0.3) is 22.3 Å². The predicted octanol–water partition coefficient (Wildman–Crippen LogP) is 28.2. The van der Waals surface area contributed by atoms with Gasteiger partial charge >= 0.3 is 0 Å². The number of nitrogens with zero attached hydrogens (tertiary/aromatic N) is 12. The topological polar surface area (TPSA) is 41.4 Å². The Morgan fingerprint density at radius 3 is 0.689 bits per heavy atom. The third kappa shape index (κ3) is 21.2. The molecule has 0 N–H and O–H groups in total. The van der Waals surface area contributed by atoms with Crippen LogP contribution in [0.4, 0.5) is 85.3 Å². The zero-order valence-electron chi connectivity index (χ0n) is 73.0. The number of unbranched alkanes of at least 4 members (excludes halogenated alkanes) is 3. The van der Waals surface area contributed by atoms with E-state index in [1.807, 2.05) is 0 Å². The standard InChI is InChI=1S/3C39H36N4.3CH4/c3*1-3-13-32(14-4-1)31-41-29-23-34(24-30-41)33-21-27-40(28-22-33)25-11-12-26-42-36-17-7-9-19-38(36)43(35-15-5-2-6-16-35)39-20-10-8-18-37(39)42;;;/h3*1-10,13-24,27-30H,11-12,25-26,31H2;3*1H4/q;2*+2;;;. The highest BCUT2D eigenvalue weighted by Crippen LogP contribution is 2.54. The van der Waals surface area contributed by atoms with Gasteiger partial charge in [-0.15, -0.1) is 0 Å². The lowest BCUT2D eigenvalue weighted by atomic mass is 10.0. The van der Waals surface area contributed by atoms with Crippen molar-refractivity contribution in [3.05, 3.63) is 503 Å². The van der Waals surface area contributed by atoms with Crippen LogP contribution in [0.5, 0.6) is 0 Å². The van der Waals surface area contributed by atoms with E-state index in [1.54, 1.807) is 0 Å². The van der Waals surface area contributed by atoms with E-state index in [1.165, 1.54) is 135 Å². The minimum absolute atomic E-state index is 0. The molecule has 5 aliphatic rings. The first-order valence-electron chi connectivity index (χ1n) is 45.5. The quantitative estimate of drug-likeness (QED) is 0.0392. The molecule has 0 spiro atoms. The summed E-state index contributed by atoms with van der Waals surface area (Å²) in [5.74, 6) is 0. The van der Waals surface area contributed by atoms with E-state index < -0.39 is 0 Å². The molecule has 12 aromatic carbocycles. The van der Waals surface area contributed by atoms with Crippen molar-refractivity contribution in [3.8, 4) is 22.3 Å². The second-order valence-electron chi connectivity index (χ2n) is 33.2. The van der Waals surface area contributed by atoms with Crippen LogP contribution < -0.4 is 47.7 Å². The molecule has 0 atom stereocenters. The Bertz CT molecular complexity index is 6100. The summed E-state index contributed by atoms with van der Waals surface area (Å²) in [5, 5.41) is 0. The Kier molecular flexibility index (Phi) is 29.8. The predicted molar refractivity (Wildman–Crippen MR) is 550 cm³/mol. The third-order valence-electron chi connectivity index (χ3n) is 24.6. The number of hydrogen-bond donors (Lipinski definition) is 0.